The van der Waals surface area contributed by atoms with Crippen LogP contribution in [0.4, 0.5) is 0 Å². The lowest BCUT2D eigenvalue weighted by Gasteiger charge is -2.22. The van der Waals surface area contributed by atoms with Gasteiger partial charge in [-0.3, -0.25) is 0 Å². The molecule has 14 heavy (non-hydrogen) atoms. The monoisotopic (exact) mass is 201 g/mol. The molecule has 1 fully saturated rings. The van der Waals surface area contributed by atoms with Crippen molar-refractivity contribution < 1.29 is 9.47 Å². The Balaban J connectivity index is 1.98. The molecule has 0 radical (unpaired) electrons. The quantitative estimate of drug-likeness (QED) is 0.661. The summed E-state index contributed by atoms with van der Waals surface area (Å²) in [5, 5.41) is 0. The summed E-state index contributed by atoms with van der Waals surface area (Å²) in [4.78, 5) is 0. The van der Waals surface area contributed by atoms with Crippen LogP contribution >= 0.6 is 0 Å². The predicted octanol–water partition coefficient (Wildman–Crippen LogP) is 1.41. The molecule has 0 aliphatic carbocycles. The molecule has 1 heterocycles. The summed E-state index contributed by atoms with van der Waals surface area (Å²) in [5.74, 6) is 0.621. The molecule has 0 saturated carbocycles. The van der Waals surface area contributed by atoms with Crippen LogP contribution < -0.4 is 5.73 Å². The minimum absolute atomic E-state index is 0.214. The largest absolute Gasteiger partial charge is 0.381 e. The molecule has 0 aromatic rings. The SMILES string of the molecule is CC(C)(CN)CCOCC1CCOC1. The number of hydrogen-bond acceptors (Lipinski definition) is 3. The van der Waals surface area contributed by atoms with Crippen molar-refractivity contribution in [2.45, 2.75) is 26.7 Å². The molecule has 0 amide bonds. The van der Waals surface area contributed by atoms with E-state index in [4.69, 9.17) is 15.2 Å². The maximum Gasteiger partial charge on any atom is 0.0517 e. The topological polar surface area (TPSA) is 44.5 Å². The van der Waals surface area contributed by atoms with E-state index in [-0.39, 0.29) is 5.41 Å². The van der Waals surface area contributed by atoms with Crippen molar-refractivity contribution >= 4 is 0 Å². The molecule has 0 aromatic heterocycles. The third kappa shape index (κ3) is 4.40. The third-order valence-corrected chi connectivity index (χ3v) is 2.85. The van der Waals surface area contributed by atoms with Gasteiger partial charge in [0.25, 0.3) is 0 Å². The van der Waals surface area contributed by atoms with Crippen molar-refractivity contribution in [2.75, 3.05) is 33.0 Å². The molecule has 2 N–H and O–H groups in total. The summed E-state index contributed by atoms with van der Waals surface area (Å²) in [6.45, 7) is 8.52. The standard InChI is InChI=1S/C11H23NO2/c1-11(2,9-12)4-6-14-8-10-3-5-13-7-10/h10H,3-9,12H2,1-2H3. The van der Waals surface area contributed by atoms with E-state index in [1.807, 2.05) is 0 Å². The summed E-state index contributed by atoms with van der Waals surface area (Å²) in [5.41, 5.74) is 5.85. The molecule has 0 spiro atoms. The zero-order chi connectivity index (χ0) is 10.4. The number of ether oxygens (including phenoxy) is 2. The highest BCUT2D eigenvalue weighted by Crippen LogP contribution is 2.18. The van der Waals surface area contributed by atoms with Gasteiger partial charge in [0.15, 0.2) is 0 Å². The van der Waals surface area contributed by atoms with E-state index in [0.717, 1.165) is 45.8 Å². The van der Waals surface area contributed by atoms with Crippen molar-refractivity contribution in [3.63, 3.8) is 0 Å². The van der Waals surface area contributed by atoms with Crippen LogP contribution in [0.2, 0.25) is 0 Å². The van der Waals surface area contributed by atoms with E-state index < -0.39 is 0 Å². The first-order chi connectivity index (χ1) is 6.64. The summed E-state index contributed by atoms with van der Waals surface area (Å²) in [7, 11) is 0. The van der Waals surface area contributed by atoms with Crippen LogP contribution in [0.25, 0.3) is 0 Å². The fraction of sp³-hybridized carbons (Fsp3) is 1.00. The van der Waals surface area contributed by atoms with Gasteiger partial charge in [-0.1, -0.05) is 13.8 Å². The zero-order valence-corrected chi connectivity index (χ0v) is 9.42. The normalized spacial score (nSPS) is 22.9. The molecule has 1 atom stereocenters. The second kappa shape index (κ2) is 5.69. The van der Waals surface area contributed by atoms with Gasteiger partial charge >= 0.3 is 0 Å². The smallest absolute Gasteiger partial charge is 0.0517 e. The van der Waals surface area contributed by atoms with Gasteiger partial charge in [-0.05, 0) is 24.8 Å². The third-order valence-electron chi connectivity index (χ3n) is 2.85. The average molecular weight is 201 g/mol. The van der Waals surface area contributed by atoms with Gasteiger partial charge in [0.2, 0.25) is 0 Å². The van der Waals surface area contributed by atoms with E-state index in [9.17, 15) is 0 Å². The second-order valence-corrected chi connectivity index (χ2v) is 4.92. The maximum atomic E-state index is 5.64. The summed E-state index contributed by atoms with van der Waals surface area (Å²) >= 11 is 0. The van der Waals surface area contributed by atoms with Gasteiger partial charge < -0.3 is 15.2 Å². The van der Waals surface area contributed by atoms with Gasteiger partial charge in [-0.2, -0.15) is 0 Å². The Hall–Kier alpha value is -0.120. The summed E-state index contributed by atoms with van der Waals surface area (Å²) in [6.07, 6.45) is 2.19. The van der Waals surface area contributed by atoms with Crippen LogP contribution in [-0.4, -0.2) is 33.0 Å². The molecule has 3 heteroatoms. The highest BCUT2D eigenvalue weighted by Gasteiger charge is 2.17. The van der Waals surface area contributed by atoms with E-state index in [1.165, 1.54) is 0 Å². The van der Waals surface area contributed by atoms with Gasteiger partial charge in [0.1, 0.15) is 0 Å². The number of nitrogens with two attached hydrogens (primary N) is 1. The Morgan fingerprint density at radius 3 is 2.86 bits per heavy atom. The Morgan fingerprint density at radius 2 is 2.29 bits per heavy atom. The van der Waals surface area contributed by atoms with E-state index >= 15 is 0 Å². The van der Waals surface area contributed by atoms with Crippen LogP contribution in [0.15, 0.2) is 0 Å². The van der Waals surface area contributed by atoms with Crippen LogP contribution in [0.3, 0.4) is 0 Å². The van der Waals surface area contributed by atoms with Gasteiger partial charge in [-0.25, -0.2) is 0 Å². The Bertz CT molecular complexity index is 153. The molecule has 0 bridgehead atoms. The van der Waals surface area contributed by atoms with Gasteiger partial charge in [-0.15, -0.1) is 0 Å². The van der Waals surface area contributed by atoms with Crippen molar-refractivity contribution in [3.8, 4) is 0 Å². The zero-order valence-electron chi connectivity index (χ0n) is 9.42. The average Bonchev–Trinajstić information content (AvgIpc) is 2.65. The van der Waals surface area contributed by atoms with Crippen molar-refractivity contribution in [3.05, 3.63) is 0 Å². The molecule has 1 rings (SSSR count). The molecule has 0 aromatic carbocycles. The highest BCUT2D eigenvalue weighted by molar-refractivity contribution is 4.69. The first-order valence-corrected chi connectivity index (χ1v) is 5.49. The van der Waals surface area contributed by atoms with E-state index in [2.05, 4.69) is 13.8 Å². The van der Waals surface area contributed by atoms with Crippen LogP contribution in [-0.2, 0) is 9.47 Å². The summed E-state index contributed by atoms with van der Waals surface area (Å²) < 4.78 is 10.9. The van der Waals surface area contributed by atoms with Crippen LogP contribution in [0, 0.1) is 11.3 Å². The summed E-state index contributed by atoms with van der Waals surface area (Å²) in [6, 6.07) is 0. The molecular formula is C11H23NO2. The molecule has 1 aliphatic rings. The van der Waals surface area contributed by atoms with Crippen molar-refractivity contribution in [2.24, 2.45) is 17.1 Å². The molecular weight excluding hydrogens is 178 g/mol. The maximum absolute atomic E-state index is 5.64. The van der Waals surface area contributed by atoms with Crippen LogP contribution in [0.5, 0.6) is 0 Å². The number of hydrogen-bond donors (Lipinski definition) is 1. The van der Waals surface area contributed by atoms with Crippen LogP contribution in [0.1, 0.15) is 26.7 Å². The minimum Gasteiger partial charge on any atom is -0.381 e. The molecule has 1 unspecified atom stereocenters. The highest BCUT2D eigenvalue weighted by atomic mass is 16.5. The molecule has 1 saturated heterocycles. The molecule has 84 valence electrons. The van der Waals surface area contributed by atoms with E-state index in [0.29, 0.717) is 5.92 Å². The lowest BCUT2D eigenvalue weighted by molar-refractivity contribution is 0.0718. The lowest BCUT2D eigenvalue weighted by Crippen LogP contribution is -2.25. The fourth-order valence-electron chi connectivity index (χ4n) is 1.42. The minimum atomic E-state index is 0.214. The number of rotatable bonds is 6. The molecule has 3 nitrogen and oxygen atoms in total. The Labute approximate surface area is 86.9 Å². The second-order valence-electron chi connectivity index (χ2n) is 4.92. The molecule has 1 aliphatic heterocycles. The van der Waals surface area contributed by atoms with Gasteiger partial charge in [0, 0.05) is 19.1 Å². The Morgan fingerprint density at radius 1 is 1.50 bits per heavy atom. The Kier molecular flexibility index (Phi) is 4.85. The van der Waals surface area contributed by atoms with Gasteiger partial charge in [0.05, 0.1) is 13.2 Å². The van der Waals surface area contributed by atoms with E-state index in [1.54, 1.807) is 0 Å². The predicted molar refractivity (Wildman–Crippen MR) is 57.2 cm³/mol. The fourth-order valence-corrected chi connectivity index (χ4v) is 1.42. The first kappa shape index (κ1) is 12.0. The van der Waals surface area contributed by atoms with Crippen molar-refractivity contribution in [1.82, 2.24) is 0 Å². The first-order valence-electron chi connectivity index (χ1n) is 5.49. The lowest BCUT2D eigenvalue weighted by atomic mass is 9.90. The van der Waals surface area contributed by atoms with Crippen molar-refractivity contribution in [1.29, 1.82) is 0 Å².